The van der Waals surface area contributed by atoms with Gasteiger partial charge in [0.1, 0.15) is 0 Å². The molecule has 0 saturated carbocycles. The quantitative estimate of drug-likeness (QED) is 0.644. The molecule has 0 aliphatic heterocycles. The minimum absolute atomic E-state index is 0.00967. The molecule has 0 aromatic heterocycles. The molecular formula is C21H24F3N3O2. The predicted molar refractivity (Wildman–Crippen MR) is 106 cm³/mol. The molecule has 8 heteroatoms. The summed E-state index contributed by atoms with van der Waals surface area (Å²) >= 11 is 0. The average Bonchev–Trinajstić information content (AvgIpc) is 2.70. The molecular weight excluding hydrogens is 383 g/mol. The van der Waals surface area contributed by atoms with E-state index in [4.69, 9.17) is 0 Å². The third kappa shape index (κ3) is 6.05. The highest BCUT2D eigenvalue weighted by Gasteiger charge is 2.20. The molecule has 0 fully saturated rings. The van der Waals surface area contributed by atoms with Gasteiger partial charge < -0.3 is 10.2 Å². The van der Waals surface area contributed by atoms with Crippen LogP contribution in [0, 0.1) is 17.5 Å². The SMILES string of the molecule is CCCN(CC(=O)Nc1ccc(F)c(F)c1F)CC(=O)N(CC)c1ccccc1. The molecule has 2 aromatic rings. The number of halogens is 3. The highest BCUT2D eigenvalue weighted by molar-refractivity contribution is 5.96. The van der Waals surface area contributed by atoms with Gasteiger partial charge in [-0.25, -0.2) is 13.2 Å². The molecule has 2 amide bonds. The fourth-order valence-electron chi connectivity index (χ4n) is 2.93. The van der Waals surface area contributed by atoms with Crippen LogP contribution in [-0.2, 0) is 9.59 Å². The lowest BCUT2D eigenvalue weighted by Gasteiger charge is -2.26. The molecule has 0 radical (unpaired) electrons. The van der Waals surface area contributed by atoms with Crippen molar-refractivity contribution in [2.24, 2.45) is 0 Å². The highest BCUT2D eigenvalue weighted by atomic mass is 19.2. The molecule has 5 nitrogen and oxygen atoms in total. The van der Waals surface area contributed by atoms with Crippen molar-refractivity contribution in [3.63, 3.8) is 0 Å². The lowest BCUT2D eigenvalue weighted by molar-refractivity contribution is -0.121. The number of hydrogen-bond acceptors (Lipinski definition) is 3. The average molecular weight is 407 g/mol. The molecule has 2 aromatic carbocycles. The van der Waals surface area contributed by atoms with Crippen LogP contribution in [0.5, 0.6) is 0 Å². The second-order valence-electron chi connectivity index (χ2n) is 6.46. The summed E-state index contributed by atoms with van der Waals surface area (Å²) in [7, 11) is 0. The second-order valence-corrected chi connectivity index (χ2v) is 6.46. The normalized spacial score (nSPS) is 10.8. The molecule has 0 unspecified atom stereocenters. The van der Waals surface area contributed by atoms with Gasteiger partial charge in [0, 0.05) is 12.2 Å². The van der Waals surface area contributed by atoms with Gasteiger partial charge in [0.15, 0.2) is 17.5 Å². The molecule has 0 aliphatic carbocycles. The Morgan fingerprint density at radius 3 is 2.24 bits per heavy atom. The van der Waals surface area contributed by atoms with E-state index in [1.807, 2.05) is 44.2 Å². The molecule has 156 valence electrons. The first-order chi connectivity index (χ1) is 13.9. The van der Waals surface area contributed by atoms with Crippen LogP contribution >= 0.6 is 0 Å². The zero-order valence-electron chi connectivity index (χ0n) is 16.4. The van der Waals surface area contributed by atoms with Gasteiger partial charge in [-0.15, -0.1) is 0 Å². The number of anilines is 2. The van der Waals surface area contributed by atoms with Crippen LogP contribution in [0.4, 0.5) is 24.5 Å². The van der Waals surface area contributed by atoms with Crippen molar-refractivity contribution in [2.75, 3.05) is 36.4 Å². The maximum atomic E-state index is 13.8. The van der Waals surface area contributed by atoms with E-state index in [0.717, 1.165) is 17.8 Å². The topological polar surface area (TPSA) is 52.7 Å². The van der Waals surface area contributed by atoms with E-state index in [0.29, 0.717) is 19.5 Å². The summed E-state index contributed by atoms with van der Waals surface area (Å²) in [4.78, 5) is 28.2. The molecule has 0 saturated heterocycles. The van der Waals surface area contributed by atoms with Gasteiger partial charge in [-0.1, -0.05) is 25.1 Å². The fraction of sp³-hybridized carbons (Fsp3) is 0.333. The van der Waals surface area contributed by atoms with Crippen LogP contribution in [0.1, 0.15) is 20.3 Å². The van der Waals surface area contributed by atoms with Gasteiger partial charge in [-0.05, 0) is 44.2 Å². The maximum Gasteiger partial charge on any atom is 0.241 e. The van der Waals surface area contributed by atoms with E-state index < -0.39 is 29.0 Å². The Labute approximate surface area is 168 Å². The maximum absolute atomic E-state index is 13.8. The third-order valence-electron chi connectivity index (χ3n) is 4.26. The summed E-state index contributed by atoms with van der Waals surface area (Å²) in [6.45, 7) is 4.49. The predicted octanol–water partition coefficient (Wildman–Crippen LogP) is 3.81. The zero-order chi connectivity index (χ0) is 21.4. The monoisotopic (exact) mass is 407 g/mol. The van der Waals surface area contributed by atoms with Gasteiger partial charge >= 0.3 is 0 Å². The number of rotatable bonds is 9. The number of nitrogens with one attached hydrogen (secondary N) is 1. The van der Waals surface area contributed by atoms with E-state index in [1.165, 1.54) is 0 Å². The molecule has 29 heavy (non-hydrogen) atoms. The Bertz CT molecular complexity index is 847. The Kier molecular flexibility index (Phi) is 8.21. The summed E-state index contributed by atoms with van der Waals surface area (Å²) in [5.41, 5.74) is 0.306. The molecule has 1 N–H and O–H groups in total. The van der Waals surface area contributed by atoms with Gasteiger partial charge in [-0.2, -0.15) is 0 Å². The van der Waals surface area contributed by atoms with Gasteiger partial charge in [0.25, 0.3) is 0 Å². The molecule has 0 spiro atoms. The Morgan fingerprint density at radius 2 is 1.62 bits per heavy atom. The number of nitrogens with zero attached hydrogens (tertiary/aromatic N) is 2. The highest BCUT2D eigenvalue weighted by Crippen LogP contribution is 2.19. The van der Waals surface area contributed by atoms with E-state index >= 15 is 0 Å². The van der Waals surface area contributed by atoms with E-state index in [2.05, 4.69) is 5.32 Å². The van der Waals surface area contributed by atoms with Crippen LogP contribution < -0.4 is 10.2 Å². The van der Waals surface area contributed by atoms with Gasteiger partial charge in [0.05, 0.1) is 18.8 Å². The van der Waals surface area contributed by atoms with E-state index in [-0.39, 0.29) is 19.0 Å². The summed E-state index contributed by atoms with van der Waals surface area (Å²) in [6, 6.07) is 10.9. The molecule has 0 bridgehead atoms. The Hall–Kier alpha value is -2.87. The minimum atomic E-state index is -1.65. The first-order valence-corrected chi connectivity index (χ1v) is 9.38. The summed E-state index contributed by atoms with van der Waals surface area (Å²) in [6.07, 6.45) is 0.692. The lowest BCUT2D eigenvalue weighted by Crippen LogP contribution is -2.43. The van der Waals surface area contributed by atoms with Crippen molar-refractivity contribution in [2.45, 2.75) is 20.3 Å². The van der Waals surface area contributed by atoms with Gasteiger partial charge in [-0.3, -0.25) is 14.5 Å². The van der Waals surface area contributed by atoms with E-state index in [9.17, 15) is 22.8 Å². The molecule has 0 atom stereocenters. The van der Waals surface area contributed by atoms with Crippen LogP contribution in [-0.4, -0.2) is 42.9 Å². The van der Waals surface area contributed by atoms with Crippen molar-refractivity contribution < 1.29 is 22.8 Å². The standard InChI is InChI=1S/C21H24F3N3O2/c1-3-12-26(14-19(29)27(4-2)15-8-6-5-7-9-15)13-18(28)25-17-11-10-16(22)20(23)21(17)24/h5-11H,3-4,12-14H2,1-2H3,(H,25,28). The molecule has 0 heterocycles. The number of likely N-dealkylation sites (N-methyl/N-ethyl adjacent to an activating group) is 1. The third-order valence-corrected chi connectivity index (χ3v) is 4.26. The second kappa shape index (κ2) is 10.6. The Morgan fingerprint density at radius 1 is 0.931 bits per heavy atom. The first kappa shape index (κ1) is 22.4. The number of carbonyl (C=O) groups excluding carboxylic acids is 2. The van der Waals surface area contributed by atoms with Crippen molar-refractivity contribution in [3.05, 3.63) is 59.9 Å². The Balaban J connectivity index is 2.04. The summed E-state index contributed by atoms with van der Waals surface area (Å²) in [5.74, 6) is -5.25. The number of carbonyl (C=O) groups is 2. The van der Waals surface area contributed by atoms with Crippen molar-refractivity contribution in [3.8, 4) is 0 Å². The van der Waals surface area contributed by atoms with Crippen molar-refractivity contribution in [1.29, 1.82) is 0 Å². The first-order valence-electron chi connectivity index (χ1n) is 9.38. The fourth-order valence-corrected chi connectivity index (χ4v) is 2.93. The summed E-state index contributed by atoms with van der Waals surface area (Å²) < 4.78 is 40.1. The number of amides is 2. The zero-order valence-corrected chi connectivity index (χ0v) is 16.4. The summed E-state index contributed by atoms with van der Waals surface area (Å²) in [5, 5.41) is 2.23. The largest absolute Gasteiger partial charge is 0.322 e. The van der Waals surface area contributed by atoms with Crippen LogP contribution in [0.25, 0.3) is 0 Å². The molecule has 0 aliphatic rings. The van der Waals surface area contributed by atoms with Gasteiger partial charge in [0.2, 0.25) is 11.8 Å². The van der Waals surface area contributed by atoms with Crippen LogP contribution in [0.3, 0.4) is 0 Å². The number of para-hydroxylation sites is 1. The number of benzene rings is 2. The smallest absolute Gasteiger partial charge is 0.241 e. The lowest BCUT2D eigenvalue weighted by atomic mass is 10.2. The molecule has 2 rings (SSSR count). The van der Waals surface area contributed by atoms with Crippen LogP contribution in [0.15, 0.2) is 42.5 Å². The minimum Gasteiger partial charge on any atom is -0.322 e. The van der Waals surface area contributed by atoms with Crippen molar-refractivity contribution >= 4 is 23.2 Å². The van der Waals surface area contributed by atoms with E-state index in [1.54, 1.807) is 9.80 Å². The van der Waals surface area contributed by atoms with Crippen molar-refractivity contribution in [1.82, 2.24) is 4.90 Å². The van der Waals surface area contributed by atoms with Crippen LogP contribution in [0.2, 0.25) is 0 Å². The number of hydrogen-bond donors (Lipinski definition) is 1.